The van der Waals surface area contributed by atoms with Gasteiger partial charge >= 0.3 is 12.4 Å². The number of primary amides is 1. The minimum Gasteiger partial charge on any atom is -0.368 e. The SMILES string of the molecule is C[C@@H](NC(=O)c1ccc(C=CC(c2cc(Cl)c(Cl)c(Cl)c2)C(F)(F)F)cc1C(F)(F)F)C(N)=O. The molecule has 0 aromatic heterocycles. The van der Waals surface area contributed by atoms with Crippen molar-refractivity contribution in [2.24, 2.45) is 5.73 Å². The molecular formula is C21H15Cl3F6N2O2. The molecule has 0 saturated heterocycles. The summed E-state index contributed by atoms with van der Waals surface area (Å²) in [5.41, 5.74) is 2.09. The zero-order valence-corrected chi connectivity index (χ0v) is 19.3. The third kappa shape index (κ3) is 6.80. The molecule has 0 bridgehead atoms. The fourth-order valence-electron chi connectivity index (χ4n) is 2.81. The van der Waals surface area contributed by atoms with E-state index in [9.17, 15) is 35.9 Å². The Bertz CT molecular complexity index is 1110. The highest BCUT2D eigenvalue weighted by Crippen LogP contribution is 2.41. The lowest BCUT2D eigenvalue weighted by Crippen LogP contribution is -2.42. The smallest absolute Gasteiger partial charge is 0.368 e. The molecule has 3 N–H and O–H groups in total. The topological polar surface area (TPSA) is 72.2 Å². The summed E-state index contributed by atoms with van der Waals surface area (Å²) in [6.45, 7) is 1.18. The second-order valence-electron chi connectivity index (χ2n) is 7.08. The first-order chi connectivity index (χ1) is 15.5. The van der Waals surface area contributed by atoms with Gasteiger partial charge in [0.05, 0.1) is 32.1 Å². The molecule has 0 aliphatic rings. The Morgan fingerprint density at radius 3 is 2.03 bits per heavy atom. The zero-order valence-electron chi connectivity index (χ0n) is 17.0. The Balaban J connectivity index is 2.49. The van der Waals surface area contributed by atoms with Crippen molar-refractivity contribution < 1.29 is 35.9 Å². The molecule has 13 heteroatoms. The van der Waals surface area contributed by atoms with E-state index in [2.05, 4.69) is 0 Å². The number of halogens is 9. The van der Waals surface area contributed by atoms with Crippen molar-refractivity contribution in [1.82, 2.24) is 5.32 Å². The molecule has 34 heavy (non-hydrogen) atoms. The molecule has 2 rings (SSSR count). The van der Waals surface area contributed by atoms with E-state index in [0.29, 0.717) is 12.1 Å². The van der Waals surface area contributed by atoms with Gasteiger partial charge in [-0.1, -0.05) is 53.0 Å². The summed E-state index contributed by atoms with van der Waals surface area (Å²) in [6.07, 6.45) is -8.42. The van der Waals surface area contributed by atoms with E-state index in [4.69, 9.17) is 40.5 Å². The van der Waals surface area contributed by atoms with Crippen LogP contribution in [0, 0.1) is 0 Å². The van der Waals surface area contributed by atoms with Crippen molar-refractivity contribution in [3.63, 3.8) is 0 Å². The van der Waals surface area contributed by atoms with Gasteiger partial charge in [0.2, 0.25) is 5.91 Å². The van der Waals surface area contributed by atoms with E-state index < -0.39 is 47.3 Å². The number of allylic oxidation sites excluding steroid dienone is 1. The minimum absolute atomic E-state index is 0.147. The van der Waals surface area contributed by atoms with E-state index in [0.717, 1.165) is 30.3 Å². The third-order valence-corrected chi connectivity index (χ3v) is 5.76. The van der Waals surface area contributed by atoms with Crippen molar-refractivity contribution in [2.75, 3.05) is 0 Å². The van der Waals surface area contributed by atoms with Crippen LogP contribution >= 0.6 is 34.8 Å². The van der Waals surface area contributed by atoms with Crippen LogP contribution in [0.2, 0.25) is 15.1 Å². The minimum atomic E-state index is -5.02. The molecule has 2 aromatic carbocycles. The monoisotopic (exact) mass is 546 g/mol. The van der Waals surface area contributed by atoms with E-state index in [1.54, 1.807) is 0 Å². The van der Waals surface area contributed by atoms with Crippen molar-refractivity contribution in [3.8, 4) is 0 Å². The second-order valence-corrected chi connectivity index (χ2v) is 8.27. The van der Waals surface area contributed by atoms with Gasteiger partial charge in [0.25, 0.3) is 5.91 Å². The van der Waals surface area contributed by atoms with Crippen molar-refractivity contribution in [2.45, 2.75) is 31.2 Å². The Labute approximate surface area is 204 Å². The number of carbonyl (C=O) groups is 2. The number of hydrogen-bond donors (Lipinski definition) is 2. The van der Waals surface area contributed by atoms with Crippen LogP contribution in [0.1, 0.15) is 39.9 Å². The van der Waals surface area contributed by atoms with E-state index in [1.165, 1.54) is 6.92 Å². The van der Waals surface area contributed by atoms with Gasteiger partial charge in [-0.3, -0.25) is 9.59 Å². The van der Waals surface area contributed by atoms with Gasteiger partial charge in [0.1, 0.15) is 6.04 Å². The average molecular weight is 548 g/mol. The Kier molecular flexibility index (Phi) is 8.55. The molecule has 1 unspecified atom stereocenters. The molecule has 0 radical (unpaired) electrons. The first-order valence-corrected chi connectivity index (χ1v) is 10.4. The Morgan fingerprint density at radius 1 is 1.00 bits per heavy atom. The van der Waals surface area contributed by atoms with Crippen LogP contribution in [-0.4, -0.2) is 24.0 Å². The second kappa shape index (κ2) is 10.5. The summed E-state index contributed by atoms with van der Waals surface area (Å²) in [7, 11) is 0. The van der Waals surface area contributed by atoms with E-state index >= 15 is 0 Å². The van der Waals surface area contributed by atoms with Crippen LogP contribution in [0.25, 0.3) is 6.08 Å². The third-order valence-electron chi connectivity index (χ3n) is 4.57. The van der Waals surface area contributed by atoms with E-state index in [1.807, 2.05) is 5.32 Å². The summed E-state index contributed by atoms with van der Waals surface area (Å²) >= 11 is 17.4. The highest BCUT2D eigenvalue weighted by molar-refractivity contribution is 6.48. The number of carbonyl (C=O) groups excluding carboxylic acids is 2. The first kappa shape index (κ1) is 27.8. The van der Waals surface area contributed by atoms with Crippen LogP contribution < -0.4 is 11.1 Å². The van der Waals surface area contributed by atoms with Crippen LogP contribution in [-0.2, 0) is 11.0 Å². The predicted octanol–water partition coefficient (Wildman–Crippen LogP) is 6.63. The molecule has 4 nitrogen and oxygen atoms in total. The highest BCUT2D eigenvalue weighted by Gasteiger charge is 2.40. The molecule has 2 atom stereocenters. The van der Waals surface area contributed by atoms with Crippen LogP contribution in [0.4, 0.5) is 26.3 Å². The van der Waals surface area contributed by atoms with Crippen molar-refractivity contribution >= 4 is 52.7 Å². The predicted molar refractivity (Wildman–Crippen MR) is 117 cm³/mol. The molecule has 0 heterocycles. The standard InChI is InChI=1S/C21H15Cl3F6N2O2/c1-9(18(31)33)32-19(34)12-4-2-10(6-14(12)21(28,29)30)3-5-13(20(25,26)27)11-7-15(22)17(24)16(23)8-11/h2-9,13H,1H3,(H2,31,33)(H,32,34)/t9-,13?/m1/s1. The van der Waals surface area contributed by atoms with Gasteiger partial charge < -0.3 is 11.1 Å². The lowest BCUT2D eigenvalue weighted by atomic mass is 9.96. The van der Waals surface area contributed by atoms with Gasteiger partial charge in [0.15, 0.2) is 0 Å². The van der Waals surface area contributed by atoms with Gasteiger partial charge in [-0.05, 0) is 42.3 Å². The summed E-state index contributed by atoms with van der Waals surface area (Å²) < 4.78 is 81.6. The number of rotatable bonds is 6. The number of amides is 2. The van der Waals surface area contributed by atoms with Crippen molar-refractivity contribution in [1.29, 1.82) is 0 Å². The number of alkyl halides is 6. The lowest BCUT2D eigenvalue weighted by Gasteiger charge is -2.19. The fraction of sp³-hybridized carbons (Fsp3) is 0.238. The molecular weight excluding hydrogens is 533 g/mol. The molecule has 0 aliphatic heterocycles. The van der Waals surface area contributed by atoms with Gasteiger partial charge in [-0.2, -0.15) is 26.3 Å². The summed E-state index contributed by atoms with van der Waals surface area (Å²) in [5, 5.41) is 1.41. The normalized spacial score (nSPS) is 14.2. The molecule has 2 aromatic rings. The molecule has 0 aliphatic carbocycles. The number of nitrogens with one attached hydrogen (secondary N) is 1. The molecule has 0 fully saturated rings. The molecule has 2 amide bonds. The summed E-state index contributed by atoms with van der Waals surface area (Å²) in [6, 6.07) is 2.96. The maximum atomic E-state index is 13.7. The quantitative estimate of drug-likeness (QED) is 0.315. The fourth-order valence-corrected chi connectivity index (χ4v) is 3.43. The van der Waals surface area contributed by atoms with Gasteiger partial charge in [-0.25, -0.2) is 0 Å². The molecule has 0 spiro atoms. The van der Waals surface area contributed by atoms with Crippen LogP contribution in [0.5, 0.6) is 0 Å². The zero-order chi connectivity index (χ0) is 26.0. The Morgan fingerprint density at radius 2 is 1.56 bits per heavy atom. The lowest BCUT2D eigenvalue weighted by molar-refractivity contribution is -0.139. The average Bonchev–Trinajstić information content (AvgIpc) is 2.70. The maximum Gasteiger partial charge on any atom is 0.417 e. The molecule has 184 valence electrons. The van der Waals surface area contributed by atoms with Crippen molar-refractivity contribution in [3.05, 3.63) is 73.7 Å². The highest BCUT2D eigenvalue weighted by atomic mass is 35.5. The molecule has 0 saturated carbocycles. The number of nitrogens with two attached hydrogens (primary N) is 1. The summed E-state index contributed by atoms with van der Waals surface area (Å²) in [4.78, 5) is 23.3. The largest absolute Gasteiger partial charge is 0.417 e. The van der Waals surface area contributed by atoms with Gasteiger partial charge in [0, 0.05) is 0 Å². The first-order valence-electron chi connectivity index (χ1n) is 9.23. The number of benzene rings is 2. The van der Waals surface area contributed by atoms with Crippen LogP contribution in [0.3, 0.4) is 0 Å². The van der Waals surface area contributed by atoms with Gasteiger partial charge in [-0.15, -0.1) is 0 Å². The van der Waals surface area contributed by atoms with E-state index in [-0.39, 0.29) is 26.2 Å². The summed E-state index contributed by atoms with van der Waals surface area (Å²) in [5.74, 6) is -4.47. The maximum absolute atomic E-state index is 13.7. The van der Waals surface area contributed by atoms with Crippen LogP contribution in [0.15, 0.2) is 36.4 Å². The Hall–Kier alpha value is -2.43. The number of hydrogen-bond acceptors (Lipinski definition) is 2.